The lowest BCUT2D eigenvalue weighted by atomic mass is 9.89. The van der Waals surface area contributed by atoms with E-state index in [-0.39, 0.29) is 11.4 Å². The van der Waals surface area contributed by atoms with Gasteiger partial charge in [0.05, 0.1) is 15.8 Å². The van der Waals surface area contributed by atoms with E-state index in [2.05, 4.69) is 22.2 Å². The van der Waals surface area contributed by atoms with Crippen molar-refractivity contribution < 1.29 is 4.79 Å². The molecule has 5 nitrogen and oxygen atoms in total. The molecule has 0 aliphatic carbocycles. The second-order valence-electron chi connectivity index (χ2n) is 6.34. The van der Waals surface area contributed by atoms with Crippen molar-refractivity contribution in [2.24, 2.45) is 10.7 Å². The number of carbonyl (C=O) groups is 1. The number of fused-ring (bicyclic) bond motifs is 1. The van der Waals surface area contributed by atoms with Crippen molar-refractivity contribution in [3.8, 4) is 0 Å². The maximum Gasteiger partial charge on any atom is 0.284 e. The first kappa shape index (κ1) is 17.1. The summed E-state index contributed by atoms with van der Waals surface area (Å²) in [6, 6.07) is 15.6. The fourth-order valence-electron chi connectivity index (χ4n) is 2.98. The van der Waals surface area contributed by atoms with E-state index >= 15 is 0 Å². The number of rotatable bonds is 3. The lowest BCUT2D eigenvalue weighted by Crippen LogP contribution is -2.28. The minimum Gasteiger partial charge on any atom is -0.379 e. The number of benzene rings is 2. The fourth-order valence-corrected chi connectivity index (χ4v) is 4.82. The highest BCUT2D eigenvalue weighted by Gasteiger charge is 2.29. The number of hydrogen-bond acceptors (Lipinski definition) is 6. The van der Waals surface area contributed by atoms with Gasteiger partial charge in [0.2, 0.25) is 0 Å². The Hall–Kier alpha value is -2.38. The van der Waals surface area contributed by atoms with E-state index in [1.54, 1.807) is 11.8 Å². The summed E-state index contributed by atoms with van der Waals surface area (Å²) in [7, 11) is 0. The van der Waals surface area contributed by atoms with Crippen molar-refractivity contribution in [1.29, 1.82) is 0 Å². The van der Waals surface area contributed by atoms with Crippen molar-refractivity contribution in [2.75, 3.05) is 11.1 Å². The molecule has 132 valence electrons. The molecular formula is C19H18N4OS2. The Balaban J connectivity index is 1.59. The van der Waals surface area contributed by atoms with Gasteiger partial charge in [0.15, 0.2) is 10.2 Å². The molecule has 2 heterocycles. The van der Waals surface area contributed by atoms with Gasteiger partial charge in [-0.2, -0.15) is 0 Å². The molecule has 3 N–H and O–H groups in total. The van der Waals surface area contributed by atoms with Gasteiger partial charge in [-0.15, -0.1) is 11.3 Å². The Kier molecular flexibility index (Phi) is 4.42. The van der Waals surface area contributed by atoms with Gasteiger partial charge < -0.3 is 11.1 Å². The van der Waals surface area contributed by atoms with Crippen molar-refractivity contribution >= 4 is 50.1 Å². The van der Waals surface area contributed by atoms with Crippen LogP contribution in [0.15, 0.2) is 53.5 Å². The van der Waals surface area contributed by atoms with Crippen LogP contribution < -0.4 is 11.1 Å². The smallest absolute Gasteiger partial charge is 0.284 e. The largest absolute Gasteiger partial charge is 0.379 e. The number of carbonyl (C=O) groups excluding carboxylic acids is 1. The van der Waals surface area contributed by atoms with Crippen molar-refractivity contribution in [1.82, 2.24) is 4.98 Å². The molecule has 26 heavy (non-hydrogen) atoms. The zero-order valence-corrected chi connectivity index (χ0v) is 15.9. The molecule has 1 amide bonds. The highest BCUT2D eigenvalue weighted by molar-refractivity contribution is 8.13. The van der Waals surface area contributed by atoms with E-state index in [4.69, 9.17) is 5.73 Å². The molecule has 3 aromatic rings. The molecule has 0 saturated carbocycles. The zero-order valence-electron chi connectivity index (χ0n) is 14.2. The van der Waals surface area contributed by atoms with Crippen LogP contribution in [0.4, 0.5) is 5.69 Å². The normalized spacial score (nSPS) is 20.0. The van der Waals surface area contributed by atoms with Crippen LogP contribution in [0, 0.1) is 0 Å². The third kappa shape index (κ3) is 3.32. The van der Waals surface area contributed by atoms with Gasteiger partial charge in [0.25, 0.3) is 5.91 Å². The molecule has 2 aromatic carbocycles. The first-order valence-corrected chi connectivity index (χ1v) is 10.1. The quantitative estimate of drug-likeness (QED) is 0.711. The monoisotopic (exact) mass is 382 g/mol. The van der Waals surface area contributed by atoms with Crippen LogP contribution in [0.3, 0.4) is 0 Å². The number of nitrogens with zero attached hydrogens (tertiary/aromatic N) is 2. The molecule has 0 bridgehead atoms. The topological polar surface area (TPSA) is 80.4 Å². The minimum absolute atomic E-state index is 0.198. The zero-order chi connectivity index (χ0) is 18.1. The third-order valence-corrected chi connectivity index (χ3v) is 6.26. The molecule has 1 aliphatic rings. The Morgan fingerprint density at radius 2 is 2.08 bits per heavy atom. The molecule has 1 aromatic heterocycles. The summed E-state index contributed by atoms with van der Waals surface area (Å²) in [5.41, 5.74) is 8.18. The maximum atomic E-state index is 12.6. The molecule has 1 atom stereocenters. The van der Waals surface area contributed by atoms with Crippen LogP contribution in [0.25, 0.3) is 10.2 Å². The number of aliphatic imine (C=N–C) groups is 1. The van der Waals surface area contributed by atoms with Crippen LogP contribution in [0.2, 0.25) is 0 Å². The number of amidine groups is 1. The standard InChI is InChI=1S/C19H18N4OS2/c1-19(9-10-25-18(20)23-19)12-5-4-6-13(11-12)21-16(24)17-22-14-7-2-3-8-15(14)26-17/h2-8,11H,9-10H2,1H3,(H2,20,23)(H,21,24). The van der Waals surface area contributed by atoms with Crippen LogP contribution in [0.1, 0.15) is 28.7 Å². The summed E-state index contributed by atoms with van der Waals surface area (Å²) in [4.78, 5) is 21.6. The SMILES string of the molecule is CC1(c2cccc(NC(=O)c3nc4ccccc4s3)c2)CCSC(N)=N1. The van der Waals surface area contributed by atoms with Crippen LogP contribution in [-0.2, 0) is 5.54 Å². The number of para-hydroxylation sites is 1. The number of anilines is 1. The second-order valence-corrected chi connectivity index (χ2v) is 8.49. The maximum absolute atomic E-state index is 12.6. The van der Waals surface area contributed by atoms with Gasteiger partial charge in [-0.25, -0.2) is 4.98 Å². The Morgan fingerprint density at radius 1 is 1.23 bits per heavy atom. The minimum atomic E-state index is -0.355. The van der Waals surface area contributed by atoms with E-state index < -0.39 is 0 Å². The molecule has 0 fully saturated rings. The molecule has 0 radical (unpaired) electrons. The molecule has 1 unspecified atom stereocenters. The lowest BCUT2D eigenvalue weighted by molar-refractivity contribution is 0.102. The number of hydrogen-bond donors (Lipinski definition) is 2. The first-order chi connectivity index (χ1) is 12.5. The Bertz CT molecular complexity index is 980. The lowest BCUT2D eigenvalue weighted by Gasteiger charge is -2.30. The predicted molar refractivity (Wildman–Crippen MR) is 110 cm³/mol. The molecule has 4 rings (SSSR count). The van der Waals surface area contributed by atoms with E-state index in [9.17, 15) is 4.79 Å². The number of nitrogens with one attached hydrogen (secondary N) is 1. The molecular weight excluding hydrogens is 364 g/mol. The molecule has 7 heteroatoms. The molecule has 1 aliphatic heterocycles. The molecule has 0 saturated heterocycles. The highest BCUT2D eigenvalue weighted by Crippen LogP contribution is 2.36. The van der Waals surface area contributed by atoms with Crippen molar-refractivity contribution in [3.05, 3.63) is 59.1 Å². The van der Waals surface area contributed by atoms with E-state index in [1.807, 2.05) is 48.5 Å². The summed E-state index contributed by atoms with van der Waals surface area (Å²) in [6.45, 7) is 2.08. The summed E-state index contributed by atoms with van der Waals surface area (Å²) >= 11 is 2.97. The third-order valence-electron chi connectivity index (χ3n) is 4.43. The van der Waals surface area contributed by atoms with Gasteiger partial charge >= 0.3 is 0 Å². The van der Waals surface area contributed by atoms with Gasteiger partial charge in [-0.05, 0) is 43.2 Å². The first-order valence-electron chi connectivity index (χ1n) is 8.29. The van der Waals surface area contributed by atoms with E-state index in [0.29, 0.717) is 10.2 Å². The van der Waals surface area contributed by atoms with Crippen molar-refractivity contribution in [2.45, 2.75) is 18.9 Å². The summed E-state index contributed by atoms with van der Waals surface area (Å²) in [5, 5.41) is 4.02. The predicted octanol–water partition coefficient (Wildman–Crippen LogP) is 4.22. The number of aromatic nitrogens is 1. The van der Waals surface area contributed by atoms with E-state index in [0.717, 1.165) is 33.6 Å². The van der Waals surface area contributed by atoms with Gasteiger partial charge in [0.1, 0.15) is 0 Å². The number of nitrogens with two attached hydrogens (primary N) is 1. The average molecular weight is 383 g/mol. The van der Waals surface area contributed by atoms with Gasteiger partial charge in [-0.3, -0.25) is 9.79 Å². The Morgan fingerprint density at radius 3 is 2.88 bits per heavy atom. The highest BCUT2D eigenvalue weighted by atomic mass is 32.2. The Labute approximate surface area is 159 Å². The summed E-state index contributed by atoms with van der Waals surface area (Å²) in [5.74, 6) is 0.740. The van der Waals surface area contributed by atoms with Gasteiger partial charge in [0, 0.05) is 11.4 Å². The number of thioether (sulfide) groups is 1. The summed E-state index contributed by atoms with van der Waals surface area (Å²) in [6.07, 6.45) is 0.910. The number of thiazole rings is 1. The number of amides is 1. The summed E-state index contributed by atoms with van der Waals surface area (Å²) < 4.78 is 1.00. The fraction of sp³-hybridized carbons (Fsp3) is 0.211. The molecule has 0 spiro atoms. The van der Waals surface area contributed by atoms with Crippen molar-refractivity contribution in [3.63, 3.8) is 0 Å². The van der Waals surface area contributed by atoms with E-state index in [1.165, 1.54) is 11.3 Å². The van der Waals surface area contributed by atoms with Crippen LogP contribution in [-0.4, -0.2) is 21.8 Å². The average Bonchev–Trinajstić information content (AvgIpc) is 3.06. The van der Waals surface area contributed by atoms with Crippen LogP contribution >= 0.6 is 23.1 Å². The second kappa shape index (κ2) is 6.74. The van der Waals surface area contributed by atoms with Crippen LogP contribution in [0.5, 0.6) is 0 Å². The van der Waals surface area contributed by atoms with Gasteiger partial charge in [-0.1, -0.05) is 36.0 Å².